The molecule has 1 heterocycles. The van der Waals surface area contributed by atoms with Gasteiger partial charge in [0.15, 0.2) is 0 Å². The number of benzene rings is 1. The predicted octanol–water partition coefficient (Wildman–Crippen LogP) is 3.00. The number of rotatable bonds is 4. The Bertz CT molecular complexity index is 534. The first-order valence-electron chi connectivity index (χ1n) is 8.10. The van der Waals surface area contributed by atoms with Crippen LogP contribution in [0.15, 0.2) is 24.3 Å². The molecule has 3 rings (SSSR count). The van der Waals surface area contributed by atoms with Crippen molar-refractivity contribution in [2.45, 2.75) is 51.5 Å². The average molecular weight is 323 g/mol. The molecule has 2 fully saturated rings. The lowest BCUT2D eigenvalue weighted by atomic mass is 9.79. The molecule has 1 saturated carbocycles. The number of halogens is 1. The SMILES string of the molecule is Cc1cccc(CC2(NC(=O)C3(C)CCNCC3)CC2)c1.Cl. The van der Waals surface area contributed by atoms with Crippen molar-refractivity contribution < 1.29 is 4.79 Å². The summed E-state index contributed by atoms with van der Waals surface area (Å²) in [6.07, 6.45) is 5.08. The van der Waals surface area contributed by atoms with Crippen LogP contribution in [-0.4, -0.2) is 24.5 Å². The van der Waals surface area contributed by atoms with E-state index in [-0.39, 0.29) is 29.3 Å². The topological polar surface area (TPSA) is 41.1 Å². The molecule has 4 heteroatoms. The summed E-state index contributed by atoms with van der Waals surface area (Å²) in [5, 5.41) is 6.72. The maximum absolute atomic E-state index is 12.7. The van der Waals surface area contributed by atoms with Crippen LogP contribution in [0.2, 0.25) is 0 Å². The Morgan fingerprint density at radius 3 is 2.50 bits per heavy atom. The predicted molar refractivity (Wildman–Crippen MR) is 92.4 cm³/mol. The number of hydrogen-bond donors (Lipinski definition) is 2. The van der Waals surface area contributed by atoms with Crippen LogP contribution in [0.3, 0.4) is 0 Å². The van der Waals surface area contributed by atoms with Crippen molar-refractivity contribution >= 4 is 18.3 Å². The van der Waals surface area contributed by atoms with E-state index < -0.39 is 0 Å². The molecule has 22 heavy (non-hydrogen) atoms. The molecule has 0 unspecified atom stereocenters. The Balaban J connectivity index is 0.00000176. The minimum atomic E-state index is -0.187. The highest BCUT2D eigenvalue weighted by Gasteiger charge is 2.47. The smallest absolute Gasteiger partial charge is 0.226 e. The third-order valence-electron chi connectivity index (χ3n) is 5.11. The summed E-state index contributed by atoms with van der Waals surface area (Å²) in [7, 11) is 0. The monoisotopic (exact) mass is 322 g/mol. The van der Waals surface area contributed by atoms with E-state index in [4.69, 9.17) is 0 Å². The van der Waals surface area contributed by atoms with Crippen molar-refractivity contribution in [1.29, 1.82) is 0 Å². The fraction of sp³-hybridized carbons (Fsp3) is 0.611. The van der Waals surface area contributed by atoms with Crippen LogP contribution >= 0.6 is 12.4 Å². The Morgan fingerprint density at radius 2 is 1.91 bits per heavy atom. The van der Waals surface area contributed by atoms with Gasteiger partial charge < -0.3 is 10.6 Å². The fourth-order valence-electron chi connectivity index (χ4n) is 3.31. The molecular weight excluding hydrogens is 296 g/mol. The van der Waals surface area contributed by atoms with Crippen LogP contribution in [0.25, 0.3) is 0 Å². The van der Waals surface area contributed by atoms with E-state index in [0.717, 1.165) is 45.2 Å². The molecule has 3 nitrogen and oxygen atoms in total. The molecule has 1 aromatic rings. The molecule has 1 aliphatic heterocycles. The molecule has 122 valence electrons. The van der Waals surface area contributed by atoms with Crippen molar-refractivity contribution in [3.05, 3.63) is 35.4 Å². The van der Waals surface area contributed by atoms with Crippen molar-refractivity contribution in [2.24, 2.45) is 5.41 Å². The summed E-state index contributed by atoms with van der Waals surface area (Å²) in [6.45, 7) is 6.15. The average Bonchev–Trinajstić information content (AvgIpc) is 3.19. The normalized spacial score (nSPS) is 21.5. The number of nitrogens with one attached hydrogen (secondary N) is 2. The van der Waals surface area contributed by atoms with Crippen LogP contribution in [0.1, 0.15) is 43.7 Å². The van der Waals surface area contributed by atoms with Crippen LogP contribution in [-0.2, 0) is 11.2 Å². The van der Waals surface area contributed by atoms with Gasteiger partial charge in [0.2, 0.25) is 5.91 Å². The van der Waals surface area contributed by atoms with E-state index in [1.54, 1.807) is 0 Å². The third-order valence-corrected chi connectivity index (χ3v) is 5.11. The number of amides is 1. The molecule has 2 N–H and O–H groups in total. The van der Waals surface area contributed by atoms with Gasteiger partial charge in [0.1, 0.15) is 0 Å². The molecule has 0 spiro atoms. The van der Waals surface area contributed by atoms with Gasteiger partial charge in [-0.05, 0) is 57.7 Å². The Labute approximate surface area is 139 Å². The van der Waals surface area contributed by atoms with E-state index in [1.165, 1.54) is 11.1 Å². The van der Waals surface area contributed by atoms with Gasteiger partial charge >= 0.3 is 0 Å². The lowest BCUT2D eigenvalue weighted by molar-refractivity contribution is -0.132. The van der Waals surface area contributed by atoms with Gasteiger partial charge in [-0.2, -0.15) is 0 Å². The van der Waals surface area contributed by atoms with Crippen LogP contribution in [0.5, 0.6) is 0 Å². The Hall–Kier alpha value is -1.06. The maximum Gasteiger partial charge on any atom is 0.226 e. The first-order valence-corrected chi connectivity index (χ1v) is 8.10. The van der Waals surface area contributed by atoms with Gasteiger partial charge in [-0.1, -0.05) is 36.8 Å². The largest absolute Gasteiger partial charge is 0.350 e. The molecule has 0 atom stereocenters. The second kappa shape index (κ2) is 6.59. The van der Waals surface area contributed by atoms with Crippen molar-refractivity contribution in [1.82, 2.24) is 10.6 Å². The van der Waals surface area contributed by atoms with Crippen molar-refractivity contribution in [3.63, 3.8) is 0 Å². The van der Waals surface area contributed by atoms with Gasteiger partial charge in [-0.3, -0.25) is 4.79 Å². The number of aryl methyl sites for hydroxylation is 1. The van der Waals surface area contributed by atoms with E-state index >= 15 is 0 Å². The molecule has 2 aliphatic rings. The molecule has 0 bridgehead atoms. The highest BCUT2D eigenvalue weighted by atomic mass is 35.5. The quantitative estimate of drug-likeness (QED) is 0.894. The van der Waals surface area contributed by atoms with Crippen molar-refractivity contribution in [2.75, 3.05) is 13.1 Å². The van der Waals surface area contributed by atoms with Gasteiger partial charge in [0, 0.05) is 11.0 Å². The first-order chi connectivity index (χ1) is 10.0. The van der Waals surface area contributed by atoms with Gasteiger partial charge in [-0.25, -0.2) is 0 Å². The zero-order chi connectivity index (χ0) is 14.9. The van der Waals surface area contributed by atoms with E-state index in [1.807, 2.05) is 0 Å². The zero-order valence-electron chi connectivity index (χ0n) is 13.6. The van der Waals surface area contributed by atoms with Crippen LogP contribution < -0.4 is 10.6 Å². The second-order valence-electron chi connectivity index (χ2n) is 7.21. The molecule has 1 saturated heterocycles. The number of piperidine rings is 1. The summed E-state index contributed by atoms with van der Waals surface area (Å²) < 4.78 is 0. The lowest BCUT2D eigenvalue weighted by Crippen LogP contribution is -2.50. The number of carbonyl (C=O) groups is 1. The van der Waals surface area contributed by atoms with Crippen molar-refractivity contribution in [3.8, 4) is 0 Å². The summed E-state index contributed by atoms with van der Waals surface area (Å²) >= 11 is 0. The summed E-state index contributed by atoms with van der Waals surface area (Å²) in [5.41, 5.74) is 2.47. The lowest BCUT2D eigenvalue weighted by Gasteiger charge is -2.34. The Morgan fingerprint density at radius 1 is 1.23 bits per heavy atom. The molecular formula is C18H27ClN2O. The highest BCUT2D eigenvalue weighted by molar-refractivity contribution is 5.85. The first kappa shape index (κ1) is 17.3. The van der Waals surface area contributed by atoms with E-state index in [0.29, 0.717) is 0 Å². The van der Waals surface area contributed by atoms with Crippen LogP contribution in [0.4, 0.5) is 0 Å². The number of hydrogen-bond acceptors (Lipinski definition) is 2. The summed E-state index contributed by atoms with van der Waals surface area (Å²) in [4.78, 5) is 12.7. The molecule has 1 amide bonds. The maximum atomic E-state index is 12.7. The molecule has 1 aromatic carbocycles. The van der Waals surface area contributed by atoms with E-state index in [2.05, 4.69) is 48.7 Å². The van der Waals surface area contributed by atoms with Gasteiger partial charge in [-0.15, -0.1) is 12.4 Å². The number of carbonyl (C=O) groups excluding carboxylic acids is 1. The minimum Gasteiger partial charge on any atom is -0.350 e. The highest BCUT2D eigenvalue weighted by Crippen LogP contribution is 2.40. The fourth-order valence-corrected chi connectivity index (χ4v) is 3.31. The van der Waals surface area contributed by atoms with Crippen LogP contribution in [0, 0.1) is 12.3 Å². The molecule has 0 radical (unpaired) electrons. The summed E-state index contributed by atoms with van der Waals surface area (Å²) in [6, 6.07) is 8.64. The standard InChI is InChI=1S/C18H26N2O.ClH/c1-14-4-3-5-15(12-14)13-18(6-7-18)20-16(21)17(2)8-10-19-11-9-17;/h3-5,12,19H,6-11,13H2,1-2H3,(H,20,21);1H. The zero-order valence-corrected chi connectivity index (χ0v) is 14.4. The second-order valence-corrected chi connectivity index (χ2v) is 7.21. The molecule has 1 aliphatic carbocycles. The van der Waals surface area contributed by atoms with Gasteiger partial charge in [0.25, 0.3) is 0 Å². The molecule has 0 aromatic heterocycles. The Kier molecular flexibility index (Phi) is 5.18. The summed E-state index contributed by atoms with van der Waals surface area (Å²) in [5.74, 6) is 0.258. The third kappa shape index (κ3) is 3.82. The van der Waals surface area contributed by atoms with Gasteiger partial charge in [0.05, 0.1) is 0 Å². The minimum absolute atomic E-state index is 0. The van der Waals surface area contributed by atoms with E-state index in [9.17, 15) is 4.79 Å².